The predicted octanol–water partition coefficient (Wildman–Crippen LogP) is 2.82. The van der Waals surface area contributed by atoms with Gasteiger partial charge in [0.05, 0.1) is 13.0 Å². The van der Waals surface area contributed by atoms with Crippen LogP contribution in [0.2, 0.25) is 0 Å². The highest BCUT2D eigenvalue weighted by Gasteiger charge is 2.26. The fourth-order valence-corrected chi connectivity index (χ4v) is 2.75. The van der Waals surface area contributed by atoms with Crippen LogP contribution in [0.15, 0.2) is 29.3 Å². The van der Waals surface area contributed by atoms with E-state index in [2.05, 4.69) is 15.6 Å². The van der Waals surface area contributed by atoms with Crippen LogP contribution in [0.25, 0.3) is 0 Å². The Labute approximate surface area is 151 Å². The highest BCUT2D eigenvalue weighted by Crippen LogP contribution is 2.18. The molecule has 0 saturated carbocycles. The maximum Gasteiger partial charge on any atom is 0.390 e. The van der Waals surface area contributed by atoms with Gasteiger partial charge in [-0.25, -0.2) is 4.99 Å². The van der Waals surface area contributed by atoms with Crippen molar-refractivity contribution in [3.8, 4) is 0 Å². The highest BCUT2D eigenvalue weighted by molar-refractivity contribution is 5.79. The van der Waals surface area contributed by atoms with Gasteiger partial charge in [-0.15, -0.1) is 0 Å². The summed E-state index contributed by atoms with van der Waals surface area (Å²) in [5, 5.41) is 5.63. The maximum atomic E-state index is 12.3. The molecule has 1 fully saturated rings. The number of benzene rings is 1. The highest BCUT2D eigenvalue weighted by atomic mass is 19.4. The Morgan fingerprint density at radius 3 is 2.69 bits per heavy atom. The number of aliphatic imine (C=N–C) groups is 1. The zero-order valence-corrected chi connectivity index (χ0v) is 14.9. The van der Waals surface area contributed by atoms with Crippen LogP contribution in [-0.2, 0) is 17.9 Å². The van der Waals surface area contributed by atoms with E-state index in [0.717, 1.165) is 24.1 Å². The van der Waals surface area contributed by atoms with E-state index in [0.29, 0.717) is 32.0 Å². The van der Waals surface area contributed by atoms with Crippen molar-refractivity contribution in [2.24, 2.45) is 4.99 Å². The van der Waals surface area contributed by atoms with Crippen molar-refractivity contribution in [1.82, 2.24) is 15.5 Å². The molecule has 1 heterocycles. The molecular weight excluding hydrogens is 345 g/mol. The Morgan fingerprint density at radius 2 is 2.04 bits per heavy atom. The number of likely N-dealkylation sites (tertiary alicyclic amines) is 1. The third-order valence-electron chi connectivity index (χ3n) is 4.00. The van der Waals surface area contributed by atoms with E-state index in [1.54, 1.807) is 0 Å². The van der Waals surface area contributed by atoms with Gasteiger partial charge >= 0.3 is 6.18 Å². The van der Waals surface area contributed by atoms with Crippen molar-refractivity contribution < 1.29 is 18.0 Å². The van der Waals surface area contributed by atoms with E-state index in [4.69, 9.17) is 0 Å². The molecule has 2 N–H and O–H groups in total. The quantitative estimate of drug-likeness (QED) is 0.573. The van der Waals surface area contributed by atoms with Gasteiger partial charge in [-0.3, -0.25) is 4.79 Å². The van der Waals surface area contributed by atoms with Crippen molar-refractivity contribution in [3.05, 3.63) is 35.4 Å². The molecule has 0 radical (unpaired) electrons. The fourth-order valence-electron chi connectivity index (χ4n) is 2.75. The molecule has 0 aromatic heterocycles. The summed E-state index contributed by atoms with van der Waals surface area (Å²) in [6.07, 6.45) is -3.58. The van der Waals surface area contributed by atoms with Crippen LogP contribution in [0.4, 0.5) is 13.2 Å². The smallest absolute Gasteiger partial charge is 0.357 e. The summed E-state index contributed by atoms with van der Waals surface area (Å²) in [5.41, 5.74) is 1.98. The number of nitrogens with zero attached hydrogens (tertiary/aromatic N) is 2. The zero-order chi connectivity index (χ0) is 19.0. The molecule has 0 bridgehead atoms. The lowest BCUT2D eigenvalue weighted by Crippen LogP contribution is -2.38. The summed E-state index contributed by atoms with van der Waals surface area (Å²) in [6, 6.07) is 7.77. The Balaban J connectivity index is 1.93. The average molecular weight is 370 g/mol. The van der Waals surface area contributed by atoms with Crippen LogP contribution in [0, 0.1) is 0 Å². The van der Waals surface area contributed by atoms with Crippen molar-refractivity contribution >= 4 is 11.9 Å². The molecule has 1 aromatic rings. The Hall–Kier alpha value is -2.25. The minimum Gasteiger partial charge on any atom is -0.357 e. The third-order valence-corrected chi connectivity index (χ3v) is 4.00. The van der Waals surface area contributed by atoms with E-state index < -0.39 is 12.6 Å². The van der Waals surface area contributed by atoms with Crippen molar-refractivity contribution in [1.29, 1.82) is 0 Å². The Bertz CT molecular complexity index is 631. The van der Waals surface area contributed by atoms with Crippen LogP contribution in [0.5, 0.6) is 0 Å². The largest absolute Gasteiger partial charge is 0.390 e. The van der Waals surface area contributed by atoms with Crippen molar-refractivity contribution in [2.75, 3.05) is 19.6 Å². The van der Waals surface area contributed by atoms with E-state index >= 15 is 0 Å². The van der Waals surface area contributed by atoms with E-state index in [1.165, 1.54) is 0 Å². The number of halogens is 3. The summed E-state index contributed by atoms with van der Waals surface area (Å²) in [7, 11) is 0. The molecule has 0 spiro atoms. The molecule has 2 rings (SSSR count). The van der Waals surface area contributed by atoms with Gasteiger partial charge in [0.15, 0.2) is 5.96 Å². The molecule has 8 heteroatoms. The molecule has 0 atom stereocenters. The number of hydrogen-bond acceptors (Lipinski definition) is 2. The fraction of sp³-hybridized carbons (Fsp3) is 0.556. The number of guanidine groups is 1. The molecule has 1 saturated heterocycles. The number of nitrogens with one attached hydrogen (secondary N) is 2. The van der Waals surface area contributed by atoms with Crippen LogP contribution < -0.4 is 10.6 Å². The van der Waals surface area contributed by atoms with E-state index in [-0.39, 0.29) is 12.5 Å². The number of alkyl halides is 3. The summed E-state index contributed by atoms with van der Waals surface area (Å²) in [4.78, 5) is 17.9. The second-order valence-corrected chi connectivity index (χ2v) is 6.23. The molecule has 1 aliphatic rings. The summed E-state index contributed by atoms with van der Waals surface area (Å²) >= 11 is 0. The first-order chi connectivity index (χ1) is 12.4. The van der Waals surface area contributed by atoms with Gasteiger partial charge < -0.3 is 15.5 Å². The number of rotatable bonds is 7. The molecule has 5 nitrogen and oxygen atoms in total. The van der Waals surface area contributed by atoms with Gasteiger partial charge in [-0.2, -0.15) is 13.2 Å². The molecular formula is C18H25F3N4O. The van der Waals surface area contributed by atoms with Gasteiger partial charge in [0.2, 0.25) is 5.91 Å². The molecule has 0 aliphatic carbocycles. The average Bonchev–Trinajstić information content (AvgIpc) is 2.97. The van der Waals surface area contributed by atoms with E-state index in [9.17, 15) is 18.0 Å². The standard InChI is InChI=1S/C18H25F3N4O/c1-2-22-17(23-9-8-18(19,20)21)24-12-14-5-3-6-15(11-14)13-25-10-4-7-16(25)26/h3,5-6,11H,2,4,7-10,12-13H2,1H3,(H2,22,23,24). The lowest BCUT2D eigenvalue weighted by Gasteiger charge is -2.16. The van der Waals surface area contributed by atoms with E-state index in [1.807, 2.05) is 36.1 Å². The van der Waals surface area contributed by atoms with Crippen molar-refractivity contribution in [3.63, 3.8) is 0 Å². The minimum atomic E-state index is -4.19. The number of carbonyl (C=O) groups is 1. The van der Waals surface area contributed by atoms with Gasteiger partial charge in [0.1, 0.15) is 0 Å². The summed E-state index contributed by atoms with van der Waals surface area (Å²) in [5.74, 6) is 0.536. The first-order valence-electron chi connectivity index (χ1n) is 8.82. The van der Waals surface area contributed by atoms with Crippen LogP contribution in [-0.4, -0.2) is 42.6 Å². The molecule has 1 aliphatic heterocycles. The van der Waals surface area contributed by atoms with Gasteiger partial charge in [-0.1, -0.05) is 24.3 Å². The molecule has 26 heavy (non-hydrogen) atoms. The third kappa shape index (κ3) is 6.93. The van der Waals surface area contributed by atoms with Gasteiger partial charge in [0.25, 0.3) is 0 Å². The van der Waals surface area contributed by atoms with Gasteiger partial charge in [-0.05, 0) is 24.5 Å². The monoisotopic (exact) mass is 370 g/mol. The molecule has 1 amide bonds. The molecule has 0 unspecified atom stereocenters. The Morgan fingerprint density at radius 1 is 1.27 bits per heavy atom. The first-order valence-corrected chi connectivity index (χ1v) is 8.82. The normalized spacial score (nSPS) is 15.5. The Kier molecular flexibility index (Phi) is 7.29. The molecule has 1 aromatic carbocycles. The first kappa shape index (κ1) is 20.1. The van der Waals surface area contributed by atoms with Crippen molar-refractivity contribution in [2.45, 2.75) is 45.5 Å². The lowest BCUT2D eigenvalue weighted by molar-refractivity contribution is -0.133. The van der Waals surface area contributed by atoms with Crippen LogP contribution >= 0.6 is 0 Å². The summed E-state index contributed by atoms with van der Waals surface area (Å²) < 4.78 is 36.8. The second-order valence-electron chi connectivity index (χ2n) is 6.23. The zero-order valence-electron chi connectivity index (χ0n) is 14.9. The predicted molar refractivity (Wildman–Crippen MR) is 94.6 cm³/mol. The van der Waals surface area contributed by atoms with Crippen LogP contribution in [0.3, 0.4) is 0 Å². The second kappa shape index (κ2) is 9.45. The molecule has 144 valence electrons. The number of carbonyl (C=O) groups excluding carboxylic acids is 1. The SMILES string of the molecule is CCNC(=NCc1cccc(CN2CCCC2=O)c1)NCCC(F)(F)F. The number of hydrogen-bond donors (Lipinski definition) is 2. The lowest BCUT2D eigenvalue weighted by atomic mass is 10.1. The van der Waals surface area contributed by atoms with Crippen LogP contribution in [0.1, 0.15) is 37.3 Å². The van der Waals surface area contributed by atoms with Gasteiger partial charge in [0, 0.05) is 32.6 Å². The summed E-state index contributed by atoms with van der Waals surface area (Å²) in [6.45, 7) is 3.92. The maximum absolute atomic E-state index is 12.3. The number of amides is 1. The topological polar surface area (TPSA) is 56.7 Å². The minimum absolute atomic E-state index is 0.178.